The summed E-state index contributed by atoms with van der Waals surface area (Å²) in [6.45, 7) is 4.14. The fraction of sp³-hybridized carbons (Fsp3) is 0.200. The van der Waals surface area contributed by atoms with Gasteiger partial charge in [0.05, 0.1) is 0 Å². The second-order valence-corrected chi connectivity index (χ2v) is 7.49. The Hall–Kier alpha value is -3.31. The first kappa shape index (κ1) is 19.5. The van der Waals surface area contributed by atoms with Crippen molar-refractivity contribution in [1.29, 1.82) is 5.26 Å². The van der Waals surface area contributed by atoms with Gasteiger partial charge in [0.1, 0.15) is 34.0 Å². The number of furan rings is 1. The molecule has 0 bridgehead atoms. The summed E-state index contributed by atoms with van der Waals surface area (Å²) in [6, 6.07) is 11.0. The molecule has 142 valence electrons. The summed E-state index contributed by atoms with van der Waals surface area (Å²) in [5.41, 5.74) is 0.566. The minimum atomic E-state index is -0.588. The van der Waals surface area contributed by atoms with Gasteiger partial charge in [0.2, 0.25) is 5.13 Å². The molecule has 1 aromatic carbocycles. The van der Waals surface area contributed by atoms with Gasteiger partial charge in [-0.2, -0.15) is 5.26 Å². The van der Waals surface area contributed by atoms with E-state index in [2.05, 4.69) is 29.4 Å². The molecule has 3 aromatic rings. The van der Waals surface area contributed by atoms with E-state index in [-0.39, 0.29) is 11.4 Å². The van der Waals surface area contributed by atoms with E-state index in [1.54, 1.807) is 24.3 Å². The van der Waals surface area contributed by atoms with Crippen LogP contribution in [0.4, 0.5) is 9.52 Å². The van der Waals surface area contributed by atoms with Crippen molar-refractivity contribution in [3.8, 4) is 17.4 Å². The fourth-order valence-electron chi connectivity index (χ4n) is 2.39. The molecule has 28 heavy (non-hydrogen) atoms. The summed E-state index contributed by atoms with van der Waals surface area (Å²) in [5.74, 6) is 0.345. The van der Waals surface area contributed by atoms with Crippen LogP contribution in [-0.2, 0) is 11.2 Å². The Bertz CT molecular complexity index is 1040. The number of amides is 1. The average molecular weight is 396 g/mol. The molecule has 0 saturated carbocycles. The van der Waals surface area contributed by atoms with Crippen LogP contribution in [0.1, 0.15) is 24.6 Å². The van der Waals surface area contributed by atoms with E-state index < -0.39 is 5.91 Å². The number of halogens is 1. The van der Waals surface area contributed by atoms with E-state index in [4.69, 9.17) is 4.42 Å². The molecule has 1 N–H and O–H groups in total. The van der Waals surface area contributed by atoms with Gasteiger partial charge >= 0.3 is 0 Å². The summed E-state index contributed by atoms with van der Waals surface area (Å²) in [6.07, 6.45) is 2.12. The molecule has 0 aliphatic carbocycles. The second-order valence-electron chi connectivity index (χ2n) is 6.43. The number of carbonyl (C=O) groups excluding carboxylic acids is 1. The minimum absolute atomic E-state index is 0.124. The second kappa shape index (κ2) is 8.59. The van der Waals surface area contributed by atoms with Gasteiger partial charge in [0.25, 0.3) is 5.91 Å². The number of aromatic nitrogens is 2. The Morgan fingerprint density at radius 1 is 1.29 bits per heavy atom. The van der Waals surface area contributed by atoms with Gasteiger partial charge in [0.15, 0.2) is 0 Å². The number of hydrogen-bond acceptors (Lipinski definition) is 6. The molecule has 1 amide bonds. The molecule has 2 heterocycles. The lowest BCUT2D eigenvalue weighted by Gasteiger charge is -1.99. The standard InChI is InChI=1S/C20H17FN4O2S/c1-12(2)9-18-24-25-20(28-18)23-19(26)14(11-22)10-16-7-8-17(27-16)13-3-5-15(21)6-4-13/h3-8,10,12H,9H2,1-2H3,(H,23,25,26)/b14-10-. The van der Waals surface area contributed by atoms with Crippen molar-refractivity contribution in [3.63, 3.8) is 0 Å². The highest BCUT2D eigenvalue weighted by Gasteiger charge is 2.14. The maximum Gasteiger partial charge on any atom is 0.268 e. The van der Waals surface area contributed by atoms with Crippen molar-refractivity contribution in [3.05, 3.63) is 58.6 Å². The van der Waals surface area contributed by atoms with Gasteiger partial charge < -0.3 is 4.42 Å². The number of hydrogen-bond donors (Lipinski definition) is 1. The number of carbonyl (C=O) groups is 1. The zero-order valence-corrected chi connectivity index (χ0v) is 16.1. The quantitative estimate of drug-likeness (QED) is 0.482. The molecule has 0 spiro atoms. The van der Waals surface area contributed by atoms with Gasteiger partial charge in [0, 0.05) is 18.1 Å². The number of nitrogens with zero attached hydrogens (tertiary/aromatic N) is 3. The summed E-state index contributed by atoms with van der Waals surface area (Å²) in [7, 11) is 0. The van der Waals surface area contributed by atoms with E-state index in [0.717, 1.165) is 11.4 Å². The molecule has 3 rings (SSSR count). The van der Waals surface area contributed by atoms with E-state index >= 15 is 0 Å². The van der Waals surface area contributed by atoms with Crippen LogP contribution < -0.4 is 5.32 Å². The molecule has 0 aliphatic rings. The van der Waals surface area contributed by atoms with Crippen molar-refractivity contribution >= 4 is 28.5 Å². The Balaban J connectivity index is 1.73. The highest BCUT2D eigenvalue weighted by atomic mass is 32.1. The van der Waals surface area contributed by atoms with Gasteiger partial charge in [-0.25, -0.2) is 4.39 Å². The van der Waals surface area contributed by atoms with Crippen LogP contribution in [-0.4, -0.2) is 16.1 Å². The molecule has 0 atom stereocenters. The fourth-order valence-corrected chi connectivity index (χ4v) is 3.34. The zero-order valence-electron chi connectivity index (χ0n) is 15.3. The summed E-state index contributed by atoms with van der Waals surface area (Å²) >= 11 is 1.28. The average Bonchev–Trinajstić information content (AvgIpc) is 3.29. The Morgan fingerprint density at radius 2 is 2.04 bits per heavy atom. The SMILES string of the molecule is CC(C)Cc1nnc(NC(=O)/C(C#N)=C\c2ccc(-c3ccc(F)cc3)o2)s1. The van der Waals surface area contributed by atoms with Crippen LogP contribution >= 0.6 is 11.3 Å². The van der Waals surface area contributed by atoms with Crippen LogP contribution in [0.5, 0.6) is 0 Å². The van der Waals surface area contributed by atoms with Gasteiger partial charge in [-0.05, 0) is 42.3 Å². The predicted octanol–water partition coefficient (Wildman–Crippen LogP) is 4.68. The van der Waals surface area contributed by atoms with Crippen LogP contribution in [0.3, 0.4) is 0 Å². The first-order chi connectivity index (χ1) is 13.4. The first-order valence-corrected chi connectivity index (χ1v) is 9.37. The highest BCUT2D eigenvalue weighted by Crippen LogP contribution is 2.24. The number of nitriles is 1. The Morgan fingerprint density at radius 3 is 2.71 bits per heavy atom. The smallest absolute Gasteiger partial charge is 0.268 e. The third-order valence-corrected chi connectivity index (χ3v) is 4.54. The van der Waals surface area contributed by atoms with E-state index in [1.807, 2.05) is 6.07 Å². The van der Waals surface area contributed by atoms with Crippen molar-refractivity contribution in [2.45, 2.75) is 20.3 Å². The molecular formula is C20H17FN4O2S. The lowest BCUT2D eigenvalue weighted by molar-refractivity contribution is -0.112. The van der Waals surface area contributed by atoms with Crippen LogP contribution in [0, 0.1) is 23.1 Å². The molecule has 0 saturated heterocycles. The molecule has 0 aliphatic heterocycles. The maximum atomic E-state index is 13.0. The molecular weight excluding hydrogens is 379 g/mol. The molecule has 0 unspecified atom stereocenters. The van der Waals surface area contributed by atoms with E-state index in [0.29, 0.717) is 28.1 Å². The third-order valence-electron chi connectivity index (χ3n) is 3.68. The highest BCUT2D eigenvalue weighted by molar-refractivity contribution is 7.15. The van der Waals surface area contributed by atoms with Crippen molar-refractivity contribution in [1.82, 2.24) is 10.2 Å². The van der Waals surface area contributed by atoms with Crippen LogP contribution in [0.2, 0.25) is 0 Å². The molecule has 8 heteroatoms. The molecule has 0 radical (unpaired) electrons. The number of nitrogens with one attached hydrogen (secondary N) is 1. The van der Waals surface area contributed by atoms with E-state index in [9.17, 15) is 14.4 Å². The lowest BCUT2D eigenvalue weighted by Crippen LogP contribution is -2.13. The topological polar surface area (TPSA) is 91.8 Å². The third kappa shape index (κ3) is 4.90. The van der Waals surface area contributed by atoms with Crippen LogP contribution in [0.25, 0.3) is 17.4 Å². The monoisotopic (exact) mass is 396 g/mol. The normalized spacial score (nSPS) is 11.5. The number of rotatable bonds is 6. The minimum Gasteiger partial charge on any atom is -0.457 e. The first-order valence-electron chi connectivity index (χ1n) is 8.56. The summed E-state index contributed by atoms with van der Waals surface area (Å²) in [5, 5.41) is 21.0. The van der Waals surface area contributed by atoms with Crippen molar-refractivity contribution in [2.75, 3.05) is 5.32 Å². The number of benzene rings is 1. The maximum absolute atomic E-state index is 13.0. The molecule has 6 nitrogen and oxygen atoms in total. The Kier molecular flexibility index (Phi) is 5.96. The van der Waals surface area contributed by atoms with Gasteiger partial charge in [-0.3, -0.25) is 10.1 Å². The number of anilines is 1. The molecule has 0 fully saturated rings. The summed E-state index contributed by atoms with van der Waals surface area (Å²) < 4.78 is 18.7. The molecule has 2 aromatic heterocycles. The van der Waals surface area contributed by atoms with E-state index in [1.165, 1.54) is 29.5 Å². The predicted molar refractivity (Wildman–Crippen MR) is 105 cm³/mol. The largest absolute Gasteiger partial charge is 0.457 e. The van der Waals surface area contributed by atoms with Crippen molar-refractivity contribution < 1.29 is 13.6 Å². The van der Waals surface area contributed by atoms with Gasteiger partial charge in [-0.15, -0.1) is 10.2 Å². The van der Waals surface area contributed by atoms with Crippen LogP contribution in [0.15, 0.2) is 46.4 Å². The summed E-state index contributed by atoms with van der Waals surface area (Å²) in [4.78, 5) is 12.3. The Labute approximate surface area is 165 Å². The zero-order chi connectivity index (χ0) is 20.1. The van der Waals surface area contributed by atoms with Gasteiger partial charge in [-0.1, -0.05) is 25.2 Å². The van der Waals surface area contributed by atoms with Crippen molar-refractivity contribution in [2.24, 2.45) is 5.92 Å². The lowest BCUT2D eigenvalue weighted by atomic mass is 10.1.